The van der Waals surface area contributed by atoms with Gasteiger partial charge in [0.25, 0.3) is 5.91 Å². The Morgan fingerprint density at radius 1 is 1.10 bits per heavy atom. The minimum Gasteiger partial charge on any atom is -0.321 e. The van der Waals surface area contributed by atoms with Crippen LogP contribution in [-0.4, -0.2) is 5.91 Å². The van der Waals surface area contributed by atoms with Crippen molar-refractivity contribution >= 4 is 50.7 Å². The Balaban J connectivity index is 2.35. The number of benzene rings is 2. The zero-order chi connectivity index (χ0) is 15.7. The lowest BCUT2D eigenvalue weighted by Crippen LogP contribution is -2.14. The monoisotopic (exact) mass is 393 g/mol. The first-order valence-electron chi connectivity index (χ1n) is 5.71. The largest absolute Gasteiger partial charge is 0.321 e. The molecule has 110 valence electrons. The Hall–Kier alpha value is -1.17. The molecule has 1 N–H and O–H groups in total. The highest BCUT2D eigenvalue weighted by atomic mass is 79.9. The molecule has 0 atom stereocenters. The Bertz CT molecular complexity index is 737. The van der Waals surface area contributed by atoms with Crippen LogP contribution in [0.25, 0.3) is 0 Å². The second-order valence-corrected chi connectivity index (χ2v) is 5.95. The molecule has 2 aromatic rings. The summed E-state index contributed by atoms with van der Waals surface area (Å²) in [6.45, 7) is 1.80. The lowest BCUT2D eigenvalue weighted by atomic mass is 10.1. The van der Waals surface area contributed by atoms with Gasteiger partial charge in [-0.2, -0.15) is 0 Å². The lowest BCUT2D eigenvalue weighted by Gasteiger charge is -2.10. The number of hydrogen-bond acceptors (Lipinski definition) is 1. The van der Waals surface area contributed by atoms with Crippen molar-refractivity contribution in [3.05, 3.63) is 61.5 Å². The number of halogens is 5. The topological polar surface area (TPSA) is 29.1 Å². The standard InChI is InChI=1S/C14H8BrCl2F2NO/c1-6-2-8(15)13(5-9(6)16)20-14(21)7-3-12(19)10(17)4-11(7)18/h2-5H,1H3,(H,20,21). The van der Waals surface area contributed by atoms with Gasteiger partial charge >= 0.3 is 0 Å². The quantitative estimate of drug-likeness (QED) is 0.660. The summed E-state index contributed by atoms with van der Waals surface area (Å²) in [6.07, 6.45) is 0. The van der Waals surface area contributed by atoms with Crippen molar-refractivity contribution in [2.75, 3.05) is 5.32 Å². The number of nitrogens with one attached hydrogen (secondary N) is 1. The molecular weight excluding hydrogens is 387 g/mol. The van der Waals surface area contributed by atoms with E-state index in [0.717, 1.165) is 17.7 Å². The molecular formula is C14H8BrCl2F2NO. The van der Waals surface area contributed by atoms with Gasteiger partial charge in [0.15, 0.2) is 0 Å². The molecule has 2 rings (SSSR count). The zero-order valence-corrected chi connectivity index (χ0v) is 13.7. The molecule has 0 aliphatic carbocycles. The van der Waals surface area contributed by atoms with Crippen molar-refractivity contribution in [3.63, 3.8) is 0 Å². The molecule has 0 heterocycles. The molecule has 0 radical (unpaired) electrons. The van der Waals surface area contributed by atoms with Crippen LogP contribution in [0.15, 0.2) is 28.7 Å². The maximum atomic E-state index is 13.7. The van der Waals surface area contributed by atoms with E-state index in [0.29, 0.717) is 15.2 Å². The minimum atomic E-state index is -0.909. The maximum absolute atomic E-state index is 13.7. The van der Waals surface area contributed by atoms with Crippen LogP contribution in [0.4, 0.5) is 14.5 Å². The Morgan fingerprint density at radius 2 is 1.76 bits per heavy atom. The first-order valence-corrected chi connectivity index (χ1v) is 7.26. The van der Waals surface area contributed by atoms with Crippen molar-refractivity contribution in [2.24, 2.45) is 0 Å². The second-order valence-electron chi connectivity index (χ2n) is 4.28. The summed E-state index contributed by atoms with van der Waals surface area (Å²) in [7, 11) is 0. The Kier molecular flexibility index (Phi) is 4.86. The van der Waals surface area contributed by atoms with Crippen LogP contribution < -0.4 is 5.32 Å². The average Bonchev–Trinajstić information content (AvgIpc) is 2.40. The summed E-state index contributed by atoms with van der Waals surface area (Å²) in [4.78, 5) is 12.0. The van der Waals surface area contributed by atoms with Gasteiger partial charge in [0.05, 0.1) is 16.3 Å². The molecule has 0 aromatic heterocycles. The van der Waals surface area contributed by atoms with Crippen molar-refractivity contribution < 1.29 is 13.6 Å². The van der Waals surface area contributed by atoms with Crippen LogP contribution >= 0.6 is 39.1 Å². The first-order chi connectivity index (χ1) is 9.79. The molecule has 0 spiro atoms. The van der Waals surface area contributed by atoms with Crippen LogP contribution in [0.3, 0.4) is 0 Å². The van der Waals surface area contributed by atoms with Crippen LogP contribution in [0.1, 0.15) is 15.9 Å². The predicted octanol–water partition coefficient (Wildman–Crippen LogP) is 5.59. The molecule has 0 unspecified atom stereocenters. The maximum Gasteiger partial charge on any atom is 0.258 e. The fourth-order valence-corrected chi connectivity index (χ4v) is 2.50. The van der Waals surface area contributed by atoms with Crippen LogP contribution in [-0.2, 0) is 0 Å². The van der Waals surface area contributed by atoms with Crippen LogP contribution in [0, 0.1) is 18.6 Å². The fraction of sp³-hybridized carbons (Fsp3) is 0.0714. The number of rotatable bonds is 2. The van der Waals surface area contributed by atoms with E-state index < -0.39 is 23.1 Å². The SMILES string of the molecule is Cc1cc(Br)c(NC(=O)c2cc(F)c(Cl)cc2F)cc1Cl. The first kappa shape index (κ1) is 16.2. The van der Waals surface area contributed by atoms with Crippen molar-refractivity contribution in [3.8, 4) is 0 Å². The van der Waals surface area contributed by atoms with E-state index in [2.05, 4.69) is 21.2 Å². The highest BCUT2D eigenvalue weighted by Crippen LogP contribution is 2.30. The number of hydrogen-bond donors (Lipinski definition) is 1. The van der Waals surface area contributed by atoms with Crippen molar-refractivity contribution in [2.45, 2.75) is 6.92 Å². The molecule has 0 aliphatic heterocycles. The van der Waals surface area contributed by atoms with E-state index in [4.69, 9.17) is 23.2 Å². The van der Waals surface area contributed by atoms with Crippen molar-refractivity contribution in [1.29, 1.82) is 0 Å². The van der Waals surface area contributed by atoms with Gasteiger partial charge in [-0.05, 0) is 52.7 Å². The summed E-state index contributed by atoms with van der Waals surface area (Å²) in [5, 5.41) is 2.52. The molecule has 1 amide bonds. The number of carbonyl (C=O) groups is 1. The summed E-state index contributed by atoms with van der Waals surface area (Å²) in [5.41, 5.74) is 0.719. The predicted molar refractivity (Wildman–Crippen MR) is 83.2 cm³/mol. The van der Waals surface area contributed by atoms with E-state index in [1.54, 1.807) is 13.0 Å². The van der Waals surface area contributed by atoms with Gasteiger partial charge in [0, 0.05) is 9.50 Å². The summed E-state index contributed by atoms with van der Waals surface area (Å²) in [6, 6.07) is 4.72. The summed E-state index contributed by atoms with van der Waals surface area (Å²) < 4.78 is 27.6. The second kappa shape index (κ2) is 6.30. The van der Waals surface area contributed by atoms with E-state index >= 15 is 0 Å². The smallest absolute Gasteiger partial charge is 0.258 e. The highest BCUT2D eigenvalue weighted by molar-refractivity contribution is 9.10. The Labute approximate surface area is 138 Å². The van der Waals surface area contributed by atoms with Gasteiger partial charge in [-0.1, -0.05) is 23.2 Å². The Morgan fingerprint density at radius 3 is 2.43 bits per heavy atom. The van der Waals surface area contributed by atoms with Gasteiger partial charge < -0.3 is 5.32 Å². The average molecular weight is 395 g/mol. The molecule has 0 saturated heterocycles. The third-order valence-corrected chi connectivity index (χ3v) is 4.10. The summed E-state index contributed by atoms with van der Waals surface area (Å²) >= 11 is 14.7. The number of aryl methyl sites for hydroxylation is 1. The number of amides is 1. The number of carbonyl (C=O) groups excluding carboxylic acids is 1. The van der Waals surface area contributed by atoms with Crippen molar-refractivity contribution in [1.82, 2.24) is 0 Å². The summed E-state index contributed by atoms with van der Waals surface area (Å²) in [5.74, 6) is -2.58. The molecule has 0 saturated carbocycles. The van der Waals surface area contributed by atoms with Crippen LogP contribution in [0.5, 0.6) is 0 Å². The molecule has 21 heavy (non-hydrogen) atoms. The third-order valence-electron chi connectivity index (χ3n) is 2.75. The molecule has 7 heteroatoms. The molecule has 0 bridgehead atoms. The lowest BCUT2D eigenvalue weighted by molar-refractivity contribution is 0.102. The fourth-order valence-electron chi connectivity index (χ4n) is 1.63. The normalized spacial score (nSPS) is 10.6. The van der Waals surface area contributed by atoms with E-state index in [1.165, 1.54) is 6.07 Å². The molecule has 2 aromatic carbocycles. The van der Waals surface area contributed by atoms with E-state index in [9.17, 15) is 13.6 Å². The third kappa shape index (κ3) is 3.54. The van der Waals surface area contributed by atoms with Gasteiger partial charge in [-0.15, -0.1) is 0 Å². The molecule has 2 nitrogen and oxygen atoms in total. The number of anilines is 1. The van der Waals surface area contributed by atoms with Gasteiger partial charge in [-0.25, -0.2) is 8.78 Å². The highest BCUT2D eigenvalue weighted by Gasteiger charge is 2.17. The molecule has 0 aliphatic rings. The zero-order valence-electron chi connectivity index (χ0n) is 10.6. The van der Waals surface area contributed by atoms with E-state index in [1.807, 2.05) is 0 Å². The van der Waals surface area contributed by atoms with Crippen LogP contribution in [0.2, 0.25) is 10.0 Å². The van der Waals surface area contributed by atoms with Gasteiger partial charge in [0.2, 0.25) is 0 Å². The van der Waals surface area contributed by atoms with Gasteiger partial charge in [-0.3, -0.25) is 4.79 Å². The minimum absolute atomic E-state index is 0.352. The van der Waals surface area contributed by atoms with E-state index in [-0.39, 0.29) is 5.02 Å². The molecule has 0 fully saturated rings. The van der Waals surface area contributed by atoms with Gasteiger partial charge in [0.1, 0.15) is 11.6 Å².